The van der Waals surface area contributed by atoms with Crippen molar-refractivity contribution < 1.29 is 0 Å². The number of aryl methyl sites for hydroxylation is 2. The molecular weight excluding hydrogens is 402 g/mol. The predicted octanol–water partition coefficient (Wildman–Crippen LogP) is 4.08. The number of benzene rings is 1. The van der Waals surface area contributed by atoms with Crippen molar-refractivity contribution in [3.8, 4) is 22.5 Å². The molecule has 0 amide bonds. The van der Waals surface area contributed by atoms with Gasteiger partial charge in [0.25, 0.3) is 0 Å². The van der Waals surface area contributed by atoms with Crippen LogP contribution in [0.25, 0.3) is 22.5 Å². The number of imidazole rings is 1. The summed E-state index contributed by atoms with van der Waals surface area (Å²) in [6.07, 6.45) is 10.8. The van der Waals surface area contributed by atoms with Crippen LogP contribution in [0.15, 0.2) is 53.7 Å². The van der Waals surface area contributed by atoms with Crippen molar-refractivity contribution in [1.29, 1.82) is 0 Å². The van der Waals surface area contributed by atoms with E-state index in [1.165, 1.54) is 0 Å². The number of nitrogens with zero attached hydrogens (tertiary/aromatic N) is 6. The number of hydrogen-bond donors (Lipinski definition) is 1. The molecule has 0 radical (unpaired) electrons. The summed E-state index contributed by atoms with van der Waals surface area (Å²) in [7, 11) is 0. The summed E-state index contributed by atoms with van der Waals surface area (Å²) in [4.78, 5) is 17.3. The number of rotatable bonds is 10. The first-order valence-electron chi connectivity index (χ1n) is 11.3. The van der Waals surface area contributed by atoms with Crippen molar-refractivity contribution in [3.63, 3.8) is 0 Å². The first kappa shape index (κ1) is 21.7. The van der Waals surface area contributed by atoms with Gasteiger partial charge in [-0.1, -0.05) is 51.0 Å². The third-order valence-corrected chi connectivity index (χ3v) is 5.69. The molecule has 0 atom stereocenters. The highest BCUT2D eigenvalue weighted by atomic mass is 16.1. The smallest absolute Gasteiger partial charge is 0.299 e. The standard InChI is InChI=1S/C24H29N7O/c1-3-5-7-20-17-30(14-6-4-2)24(32)31(20)16-18-8-10-19(11-9-18)22-15-25-13-12-21(22)23-26-28-29-27-23/h8-13,15,17H,3-7,14,16H2,1-2H3,(H,26,27,28,29). The van der Waals surface area contributed by atoms with Crippen LogP contribution >= 0.6 is 0 Å². The molecule has 0 spiro atoms. The number of H-pyrrole nitrogens is 1. The van der Waals surface area contributed by atoms with Crippen LogP contribution < -0.4 is 5.69 Å². The van der Waals surface area contributed by atoms with Crippen molar-refractivity contribution in [1.82, 2.24) is 34.7 Å². The van der Waals surface area contributed by atoms with Crippen LogP contribution in [-0.2, 0) is 19.5 Å². The number of aromatic nitrogens is 7. The third-order valence-electron chi connectivity index (χ3n) is 5.69. The monoisotopic (exact) mass is 431 g/mol. The van der Waals surface area contributed by atoms with E-state index in [2.05, 4.69) is 69.9 Å². The molecule has 8 nitrogen and oxygen atoms in total. The fourth-order valence-corrected chi connectivity index (χ4v) is 3.87. The number of aromatic amines is 1. The Kier molecular flexibility index (Phi) is 6.89. The molecule has 0 aliphatic heterocycles. The second-order valence-electron chi connectivity index (χ2n) is 8.01. The lowest BCUT2D eigenvalue weighted by Gasteiger charge is -2.10. The molecule has 32 heavy (non-hydrogen) atoms. The van der Waals surface area contributed by atoms with Gasteiger partial charge in [-0.15, -0.1) is 5.10 Å². The van der Waals surface area contributed by atoms with E-state index in [9.17, 15) is 4.79 Å². The van der Waals surface area contributed by atoms with Crippen molar-refractivity contribution >= 4 is 0 Å². The molecule has 0 aliphatic carbocycles. The van der Waals surface area contributed by atoms with Gasteiger partial charge < -0.3 is 0 Å². The van der Waals surface area contributed by atoms with Gasteiger partial charge in [-0.25, -0.2) is 9.89 Å². The van der Waals surface area contributed by atoms with Gasteiger partial charge in [0, 0.05) is 42.0 Å². The molecule has 4 rings (SSSR count). The summed E-state index contributed by atoms with van der Waals surface area (Å²) < 4.78 is 3.80. The molecule has 1 aromatic carbocycles. The summed E-state index contributed by atoms with van der Waals surface area (Å²) >= 11 is 0. The van der Waals surface area contributed by atoms with Crippen LogP contribution in [0.1, 0.15) is 50.8 Å². The van der Waals surface area contributed by atoms with Gasteiger partial charge in [0.05, 0.1) is 6.54 Å². The zero-order valence-electron chi connectivity index (χ0n) is 18.7. The first-order valence-corrected chi connectivity index (χ1v) is 11.3. The minimum atomic E-state index is 0.0843. The first-order chi connectivity index (χ1) is 15.7. The molecule has 0 bridgehead atoms. The molecule has 0 saturated carbocycles. The maximum Gasteiger partial charge on any atom is 0.328 e. The lowest BCUT2D eigenvalue weighted by molar-refractivity contribution is 0.591. The van der Waals surface area contributed by atoms with Gasteiger partial charge in [0.15, 0.2) is 5.82 Å². The van der Waals surface area contributed by atoms with E-state index in [0.29, 0.717) is 12.4 Å². The van der Waals surface area contributed by atoms with Crippen molar-refractivity contribution in [2.75, 3.05) is 0 Å². The van der Waals surface area contributed by atoms with Crippen molar-refractivity contribution in [2.45, 2.75) is 59.0 Å². The molecular formula is C24H29N7O. The fourth-order valence-electron chi connectivity index (χ4n) is 3.87. The molecule has 3 heterocycles. The lowest BCUT2D eigenvalue weighted by Crippen LogP contribution is -2.25. The predicted molar refractivity (Wildman–Crippen MR) is 124 cm³/mol. The fraction of sp³-hybridized carbons (Fsp3) is 0.375. The van der Waals surface area contributed by atoms with Crippen LogP contribution in [0.2, 0.25) is 0 Å². The largest absolute Gasteiger partial charge is 0.328 e. The Morgan fingerprint density at radius 3 is 2.53 bits per heavy atom. The minimum Gasteiger partial charge on any atom is -0.299 e. The molecule has 8 heteroatoms. The van der Waals surface area contributed by atoms with Crippen LogP contribution in [0.4, 0.5) is 0 Å². The summed E-state index contributed by atoms with van der Waals surface area (Å²) in [6, 6.07) is 10.2. The minimum absolute atomic E-state index is 0.0843. The van der Waals surface area contributed by atoms with Gasteiger partial charge in [0.2, 0.25) is 0 Å². The Bertz CT molecular complexity index is 1190. The summed E-state index contributed by atoms with van der Waals surface area (Å²) in [5.41, 5.74) is 5.15. The van der Waals surface area contributed by atoms with Gasteiger partial charge in [-0.05, 0) is 46.9 Å². The quantitative estimate of drug-likeness (QED) is 0.408. The molecule has 4 aromatic rings. The maximum atomic E-state index is 13.0. The van der Waals surface area contributed by atoms with E-state index in [4.69, 9.17) is 0 Å². The number of nitrogens with one attached hydrogen (secondary N) is 1. The van der Waals surface area contributed by atoms with Crippen molar-refractivity contribution in [2.24, 2.45) is 0 Å². The number of unbranched alkanes of at least 4 members (excludes halogenated alkanes) is 2. The molecule has 0 saturated heterocycles. The van der Waals surface area contributed by atoms with Gasteiger partial charge in [0.1, 0.15) is 0 Å². The Morgan fingerprint density at radius 1 is 1.00 bits per heavy atom. The van der Waals surface area contributed by atoms with Crippen molar-refractivity contribution in [3.05, 3.63) is 70.7 Å². The molecule has 0 fully saturated rings. The Labute approximate surface area is 187 Å². The highest BCUT2D eigenvalue weighted by Gasteiger charge is 2.13. The Balaban J connectivity index is 1.60. The van der Waals surface area contributed by atoms with E-state index >= 15 is 0 Å². The zero-order valence-corrected chi connectivity index (χ0v) is 18.7. The highest BCUT2D eigenvalue weighted by molar-refractivity contribution is 5.79. The van der Waals surface area contributed by atoms with Gasteiger partial charge in [-0.2, -0.15) is 0 Å². The molecule has 0 unspecified atom stereocenters. The average Bonchev–Trinajstić information content (AvgIpc) is 3.46. The summed E-state index contributed by atoms with van der Waals surface area (Å²) in [5, 5.41) is 14.2. The lowest BCUT2D eigenvalue weighted by atomic mass is 10.0. The van der Waals surface area contributed by atoms with E-state index in [0.717, 1.165) is 66.6 Å². The Hall–Kier alpha value is -3.55. The maximum absolute atomic E-state index is 13.0. The second-order valence-corrected chi connectivity index (χ2v) is 8.01. The van der Waals surface area contributed by atoms with Gasteiger partial charge >= 0.3 is 5.69 Å². The molecule has 166 valence electrons. The summed E-state index contributed by atoms with van der Waals surface area (Å²) in [5.74, 6) is 0.604. The molecule has 1 N–H and O–H groups in total. The molecule has 0 aliphatic rings. The van der Waals surface area contributed by atoms with Crippen LogP contribution in [0.3, 0.4) is 0 Å². The SMILES string of the molecule is CCCCc1cn(CCCC)c(=O)n1Cc1ccc(-c2cnccc2-c2nnn[nH]2)cc1. The van der Waals surface area contributed by atoms with E-state index < -0.39 is 0 Å². The van der Waals surface area contributed by atoms with Gasteiger partial charge in [-0.3, -0.25) is 14.1 Å². The second kappa shape index (κ2) is 10.2. The average molecular weight is 432 g/mol. The normalized spacial score (nSPS) is 11.2. The molecule has 3 aromatic heterocycles. The summed E-state index contributed by atoms with van der Waals surface area (Å²) in [6.45, 7) is 5.68. The Morgan fingerprint density at radius 2 is 1.81 bits per heavy atom. The number of tetrazole rings is 1. The number of hydrogen-bond acceptors (Lipinski definition) is 5. The number of pyridine rings is 1. The van der Waals surface area contributed by atoms with Crippen LogP contribution in [-0.4, -0.2) is 34.7 Å². The van der Waals surface area contributed by atoms with Crippen LogP contribution in [0.5, 0.6) is 0 Å². The van der Waals surface area contributed by atoms with Crippen LogP contribution in [0, 0.1) is 0 Å². The van der Waals surface area contributed by atoms with E-state index in [1.54, 1.807) is 6.20 Å². The van der Waals surface area contributed by atoms with E-state index in [1.807, 2.05) is 21.4 Å². The highest BCUT2D eigenvalue weighted by Crippen LogP contribution is 2.29. The third kappa shape index (κ3) is 4.69. The van der Waals surface area contributed by atoms with E-state index in [-0.39, 0.29) is 5.69 Å². The topological polar surface area (TPSA) is 94.3 Å². The zero-order chi connectivity index (χ0) is 22.3.